The zero-order valence-corrected chi connectivity index (χ0v) is 12.8. The zero-order chi connectivity index (χ0) is 14.5. The van der Waals surface area contributed by atoms with Crippen LogP contribution in [0.25, 0.3) is 0 Å². The molecule has 1 aliphatic rings. The van der Waals surface area contributed by atoms with Crippen LogP contribution in [0.2, 0.25) is 0 Å². The van der Waals surface area contributed by atoms with Crippen LogP contribution in [-0.4, -0.2) is 33.0 Å². The minimum Gasteiger partial charge on any atom is -0.497 e. The molecule has 0 amide bonds. The molecule has 1 heterocycles. The Bertz CT molecular complexity index is 411. The molecule has 1 saturated heterocycles. The number of rotatable bonds is 5. The Kier molecular flexibility index (Phi) is 5.12. The Balaban J connectivity index is 2.05. The van der Waals surface area contributed by atoms with Crippen molar-refractivity contribution in [2.45, 2.75) is 38.8 Å². The third kappa shape index (κ3) is 3.79. The maximum Gasteiger partial charge on any atom is 0.124 e. The molecular formula is C16H25NO3. The van der Waals surface area contributed by atoms with Gasteiger partial charge >= 0.3 is 0 Å². The summed E-state index contributed by atoms with van der Waals surface area (Å²) in [5.41, 5.74) is 1.04. The maximum absolute atomic E-state index is 5.81. The molecule has 20 heavy (non-hydrogen) atoms. The van der Waals surface area contributed by atoms with E-state index in [-0.39, 0.29) is 0 Å². The van der Waals surface area contributed by atoms with Gasteiger partial charge in [0, 0.05) is 36.5 Å². The smallest absolute Gasteiger partial charge is 0.124 e. The van der Waals surface area contributed by atoms with Gasteiger partial charge in [-0.25, -0.2) is 0 Å². The molecule has 4 heteroatoms. The van der Waals surface area contributed by atoms with Gasteiger partial charge in [0.15, 0.2) is 0 Å². The predicted molar refractivity (Wildman–Crippen MR) is 80.8 cm³/mol. The molecule has 2 atom stereocenters. The first-order valence-electron chi connectivity index (χ1n) is 7.23. The van der Waals surface area contributed by atoms with E-state index < -0.39 is 0 Å². The molecule has 0 bridgehead atoms. The first-order valence-corrected chi connectivity index (χ1v) is 7.23. The summed E-state index contributed by atoms with van der Waals surface area (Å²) in [5.74, 6) is 2.16. The van der Waals surface area contributed by atoms with Crippen molar-refractivity contribution < 1.29 is 14.2 Å². The lowest BCUT2D eigenvalue weighted by molar-refractivity contribution is -0.0160. The summed E-state index contributed by atoms with van der Waals surface area (Å²) in [6, 6.07) is 6.32. The normalized spacial score (nSPS) is 22.6. The van der Waals surface area contributed by atoms with Crippen molar-refractivity contribution in [3.05, 3.63) is 18.2 Å². The van der Waals surface area contributed by atoms with E-state index in [1.165, 1.54) is 0 Å². The van der Waals surface area contributed by atoms with Gasteiger partial charge < -0.3 is 19.5 Å². The Labute approximate surface area is 121 Å². The van der Waals surface area contributed by atoms with Crippen molar-refractivity contribution in [2.75, 3.05) is 26.1 Å². The minimum absolute atomic E-state index is 0.341. The lowest BCUT2D eigenvalue weighted by Crippen LogP contribution is -2.36. The van der Waals surface area contributed by atoms with Crippen molar-refractivity contribution >= 4 is 5.69 Å². The highest BCUT2D eigenvalue weighted by atomic mass is 16.5. The first-order chi connectivity index (χ1) is 9.62. The Morgan fingerprint density at radius 2 is 1.80 bits per heavy atom. The molecule has 1 aliphatic heterocycles. The van der Waals surface area contributed by atoms with Crippen LogP contribution in [0.3, 0.4) is 0 Å². The minimum atomic E-state index is 0.341. The van der Waals surface area contributed by atoms with Crippen molar-refractivity contribution in [1.29, 1.82) is 0 Å². The molecule has 1 fully saturated rings. The summed E-state index contributed by atoms with van der Waals surface area (Å²) in [4.78, 5) is 0. The van der Waals surface area contributed by atoms with Crippen LogP contribution >= 0.6 is 0 Å². The lowest BCUT2D eigenvalue weighted by Gasteiger charge is -2.33. The average molecular weight is 279 g/mol. The van der Waals surface area contributed by atoms with E-state index >= 15 is 0 Å². The second-order valence-electron chi connectivity index (χ2n) is 5.62. The standard InChI is InChI=1S/C16H25NO3/c1-11(2)16-9-12(5-6-20-16)17-13-7-14(18-3)10-15(8-13)19-4/h7-8,10-12,16-17H,5-6,9H2,1-4H3. The van der Waals surface area contributed by atoms with E-state index in [0.29, 0.717) is 18.1 Å². The molecule has 2 rings (SSSR count). The van der Waals surface area contributed by atoms with E-state index in [0.717, 1.165) is 36.6 Å². The number of benzene rings is 1. The number of methoxy groups -OCH3 is 2. The number of anilines is 1. The zero-order valence-electron chi connectivity index (χ0n) is 12.8. The van der Waals surface area contributed by atoms with Gasteiger partial charge in [-0.15, -0.1) is 0 Å². The molecule has 4 nitrogen and oxygen atoms in total. The topological polar surface area (TPSA) is 39.7 Å². The van der Waals surface area contributed by atoms with Gasteiger partial charge in [-0.05, 0) is 18.8 Å². The second-order valence-corrected chi connectivity index (χ2v) is 5.62. The fraction of sp³-hybridized carbons (Fsp3) is 0.625. The van der Waals surface area contributed by atoms with Crippen LogP contribution in [-0.2, 0) is 4.74 Å². The van der Waals surface area contributed by atoms with Crippen LogP contribution in [0.1, 0.15) is 26.7 Å². The molecule has 1 aromatic rings. The molecular weight excluding hydrogens is 254 g/mol. The first kappa shape index (κ1) is 15.0. The highest BCUT2D eigenvalue weighted by Gasteiger charge is 2.24. The van der Waals surface area contributed by atoms with Crippen LogP contribution in [0.4, 0.5) is 5.69 Å². The van der Waals surface area contributed by atoms with E-state index in [9.17, 15) is 0 Å². The summed E-state index contributed by atoms with van der Waals surface area (Å²) in [5, 5.41) is 3.58. The van der Waals surface area contributed by atoms with Gasteiger partial charge in [0.05, 0.1) is 20.3 Å². The highest BCUT2D eigenvalue weighted by molar-refractivity contribution is 5.54. The molecule has 0 radical (unpaired) electrons. The van der Waals surface area contributed by atoms with Crippen LogP contribution in [0, 0.1) is 5.92 Å². The molecule has 0 spiro atoms. The summed E-state index contributed by atoms with van der Waals surface area (Å²) in [6.45, 7) is 5.24. The van der Waals surface area contributed by atoms with E-state index in [4.69, 9.17) is 14.2 Å². The van der Waals surface area contributed by atoms with Gasteiger partial charge in [0.1, 0.15) is 11.5 Å². The summed E-state index contributed by atoms with van der Waals surface area (Å²) >= 11 is 0. The Morgan fingerprint density at radius 3 is 2.35 bits per heavy atom. The van der Waals surface area contributed by atoms with Crippen molar-refractivity contribution in [3.8, 4) is 11.5 Å². The predicted octanol–water partition coefficient (Wildman–Crippen LogP) is 3.32. The summed E-state index contributed by atoms with van der Waals surface area (Å²) in [6.07, 6.45) is 2.41. The van der Waals surface area contributed by atoms with Crippen molar-refractivity contribution in [3.63, 3.8) is 0 Å². The van der Waals surface area contributed by atoms with Crippen LogP contribution in [0.15, 0.2) is 18.2 Å². The average Bonchev–Trinajstić information content (AvgIpc) is 2.47. The van der Waals surface area contributed by atoms with E-state index in [1.807, 2.05) is 18.2 Å². The largest absolute Gasteiger partial charge is 0.497 e. The summed E-state index contributed by atoms with van der Waals surface area (Å²) in [7, 11) is 3.34. The third-order valence-electron chi connectivity index (χ3n) is 3.78. The molecule has 1 N–H and O–H groups in total. The number of hydrogen-bond donors (Lipinski definition) is 1. The van der Waals surface area contributed by atoms with Crippen LogP contribution in [0.5, 0.6) is 11.5 Å². The van der Waals surface area contributed by atoms with Crippen molar-refractivity contribution in [2.24, 2.45) is 5.92 Å². The van der Waals surface area contributed by atoms with Gasteiger partial charge in [-0.2, -0.15) is 0 Å². The molecule has 0 saturated carbocycles. The van der Waals surface area contributed by atoms with E-state index in [1.54, 1.807) is 14.2 Å². The van der Waals surface area contributed by atoms with Gasteiger partial charge in [-0.1, -0.05) is 13.8 Å². The second kappa shape index (κ2) is 6.84. The molecule has 1 aromatic carbocycles. The third-order valence-corrected chi connectivity index (χ3v) is 3.78. The maximum atomic E-state index is 5.81. The van der Waals surface area contributed by atoms with Gasteiger partial charge in [0.25, 0.3) is 0 Å². The highest BCUT2D eigenvalue weighted by Crippen LogP contribution is 2.28. The van der Waals surface area contributed by atoms with Crippen LogP contribution < -0.4 is 14.8 Å². The molecule has 0 aromatic heterocycles. The number of ether oxygens (including phenoxy) is 3. The Hall–Kier alpha value is -1.42. The number of nitrogens with one attached hydrogen (secondary N) is 1. The Morgan fingerprint density at radius 1 is 1.15 bits per heavy atom. The van der Waals surface area contributed by atoms with E-state index in [2.05, 4.69) is 19.2 Å². The molecule has 0 aliphatic carbocycles. The monoisotopic (exact) mass is 279 g/mol. The fourth-order valence-corrected chi connectivity index (χ4v) is 2.55. The van der Waals surface area contributed by atoms with Gasteiger partial charge in [-0.3, -0.25) is 0 Å². The van der Waals surface area contributed by atoms with Gasteiger partial charge in [0.2, 0.25) is 0 Å². The lowest BCUT2D eigenvalue weighted by atomic mass is 9.95. The quantitative estimate of drug-likeness (QED) is 0.897. The SMILES string of the molecule is COc1cc(NC2CCOC(C(C)C)C2)cc(OC)c1. The molecule has 112 valence electrons. The van der Waals surface area contributed by atoms with Crippen molar-refractivity contribution in [1.82, 2.24) is 0 Å². The summed E-state index contributed by atoms with van der Waals surface area (Å²) < 4.78 is 16.4. The fourth-order valence-electron chi connectivity index (χ4n) is 2.55. The number of hydrogen-bond acceptors (Lipinski definition) is 4. The molecule has 2 unspecified atom stereocenters.